The quantitative estimate of drug-likeness (QED) is 0.0894. The van der Waals surface area contributed by atoms with Crippen LogP contribution in [0.1, 0.15) is 390 Å². The van der Waals surface area contributed by atoms with Gasteiger partial charge >= 0.3 is 0 Å². The molecule has 12 aromatic rings. The van der Waals surface area contributed by atoms with E-state index in [1.807, 2.05) is 0 Å². The second-order valence-electron chi connectivity index (χ2n) is 55.6. The molecule has 5 atom stereocenters. The van der Waals surface area contributed by atoms with E-state index in [1.165, 1.54) is 223 Å². The Kier molecular flexibility index (Phi) is 29.5. The Morgan fingerprint density at radius 1 is 0.214 bits per heavy atom. The maximum atomic E-state index is 6.83. The van der Waals surface area contributed by atoms with Gasteiger partial charge in [0.05, 0.1) is 16.1 Å². The zero-order valence-corrected chi connectivity index (χ0v) is 101. The van der Waals surface area contributed by atoms with Crippen LogP contribution in [0.5, 0.6) is 0 Å². The summed E-state index contributed by atoms with van der Waals surface area (Å²) in [6, 6.07) is 84.7. The topological polar surface area (TPSA) is 0 Å². The Morgan fingerprint density at radius 3 is 0.793 bits per heavy atom. The van der Waals surface area contributed by atoms with Crippen molar-refractivity contribution in [3.63, 3.8) is 0 Å². The van der Waals surface area contributed by atoms with Crippen LogP contribution in [0.4, 0.5) is 0 Å². The van der Waals surface area contributed by atoms with Crippen molar-refractivity contribution in [1.29, 1.82) is 0 Å². The minimum absolute atomic E-state index is 0.0751. The highest BCUT2D eigenvalue weighted by Gasteiger charge is 2.51. The molecule has 0 aliphatic heterocycles. The van der Waals surface area contributed by atoms with Crippen LogP contribution in [-0.2, 0) is 55.2 Å². The number of hydrogen-bond donors (Lipinski definition) is 0. The molecule has 758 valence electrons. The maximum Gasteiger partial charge on any atom is 0.161 e. The predicted octanol–water partition coefficient (Wildman–Crippen LogP) is 41.8. The molecule has 0 bridgehead atoms. The molecule has 0 nitrogen and oxygen atoms in total. The van der Waals surface area contributed by atoms with Crippen LogP contribution in [0, 0.1) is 20.8 Å². The third kappa shape index (κ3) is 22.1. The van der Waals surface area contributed by atoms with Gasteiger partial charge in [-0.3, -0.25) is 0 Å². The van der Waals surface area contributed by atoms with Gasteiger partial charge < -0.3 is 0 Å². The minimum atomic E-state index is -2.05. The third-order valence-electron chi connectivity index (χ3n) is 33.3. The molecule has 0 aromatic heterocycles. The molecule has 6 aliphatic carbocycles. The molecule has 0 heterocycles. The van der Waals surface area contributed by atoms with E-state index < -0.39 is 23.5 Å². The fourth-order valence-corrected chi connectivity index (χ4v) is 38.1. The zero-order chi connectivity index (χ0) is 107. The van der Waals surface area contributed by atoms with Crippen LogP contribution >= 0.6 is 11.1 Å². The smallest absolute Gasteiger partial charge is 0.161 e. The minimum Gasteiger partial charge on any atom is -0.167 e. The average Bonchev–Trinajstić information content (AvgIpc) is 1.56. The Morgan fingerprint density at radius 2 is 0.469 bits per heavy atom. The lowest BCUT2D eigenvalue weighted by Crippen LogP contribution is -2.42. The monoisotopic (exact) mass is 1990 g/mol. The number of fused-ring (bicyclic) bond motifs is 6. The van der Waals surface area contributed by atoms with Crippen molar-refractivity contribution in [1.82, 2.24) is 0 Å². The zero-order valence-electron chi connectivity index (χ0n) is 97.2. The highest BCUT2D eigenvalue weighted by Crippen LogP contribution is 2.60. The van der Waals surface area contributed by atoms with Gasteiger partial charge in [0.1, 0.15) is 0 Å². The van der Waals surface area contributed by atoms with E-state index in [2.05, 4.69) is 543 Å². The molecule has 0 spiro atoms. The summed E-state index contributed by atoms with van der Waals surface area (Å²) in [5, 5.41) is 0. The van der Waals surface area contributed by atoms with Crippen LogP contribution in [0.3, 0.4) is 0 Å². The molecule has 4 heteroatoms. The molecular weight excluding hydrogens is 1810 g/mol. The molecule has 0 amide bonds. The first-order chi connectivity index (χ1) is 66.9. The first kappa shape index (κ1) is 109. The summed E-state index contributed by atoms with van der Waals surface area (Å²) >= 11 is 6.83. The lowest BCUT2D eigenvalue weighted by atomic mass is 9.78. The normalized spacial score (nSPS) is 17.4. The van der Waals surface area contributed by atoms with Gasteiger partial charge in [0.2, 0.25) is 0 Å². The van der Waals surface area contributed by atoms with E-state index in [4.69, 9.17) is 11.1 Å². The lowest BCUT2D eigenvalue weighted by molar-refractivity contribution is 0.568. The van der Waals surface area contributed by atoms with Gasteiger partial charge in [-0.1, -0.05) is 515 Å². The van der Waals surface area contributed by atoms with Crippen molar-refractivity contribution in [3.05, 3.63) is 385 Å². The number of halogens is 1. The molecule has 0 fully saturated rings. The van der Waals surface area contributed by atoms with Crippen molar-refractivity contribution in [2.75, 3.05) is 0 Å². The molecule has 12 aromatic carbocycles. The largest absolute Gasteiger partial charge is 0.167 e. The van der Waals surface area contributed by atoms with Gasteiger partial charge in [-0.25, -0.2) is 0 Å². The first-order valence-electron chi connectivity index (χ1n) is 54.3. The van der Waals surface area contributed by atoms with Gasteiger partial charge in [0.25, 0.3) is 0 Å². The van der Waals surface area contributed by atoms with Crippen molar-refractivity contribution in [2.24, 2.45) is 0 Å². The number of rotatable bonds is 11. The van der Waals surface area contributed by atoms with E-state index in [0.29, 0.717) is 27.7 Å². The second-order valence-corrected chi connectivity index (χ2v) is 71.8. The highest BCUT2D eigenvalue weighted by atomic mass is 35.6. The molecule has 0 radical (unpaired) electrons. The molecular formula is C141H175ClSi3. The summed E-state index contributed by atoms with van der Waals surface area (Å²) in [7, 11) is -5.84. The summed E-state index contributed by atoms with van der Waals surface area (Å²) in [5.41, 5.74) is 63.2. The molecule has 0 saturated heterocycles. The predicted molar refractivity (Wildman–Crippen MR) is 651 cm³/mol. The van der Waals surface area contributed by atoms with Crippen molar-refractivity contribution < 1.29 is 0 Å². The lowest BCUT2D eigenvalue weighted by Gasteiger charge is -2.40. The summed E-state index contributed by atoms with van der Waals surface area (Å²) in [6.45, 7) is 98.7. The van der Waals surface area contributed by atoms with E-state index in [1.54, 1.807) is 11.1 Å². The SMILES string of the molecule is CC1=Cc2c(-c3cc(C(C)(C)C)cc(C(C)(C)C)c3)ccc(C)c2C1.CC1=Cc2c(-c3ccc(C(C)(C)C)cc3)cccc2C1[Si](C)(C)C1C(C)=Cc2c(-c3cc(C(C)(C)C)cc(C(C)(C)C)c3)ccc(C)c21.CC1=Cc2c(-c3ccc(C(C)(C)C)cc3)cccc2C1[Si](C)(C)C1C(C)=Cc2c(C)ccc(-c3cc(C(C)(C)C)cc(C(C)(C)C)c3)c21.CC1=Cc2c(-c3ccc(C(C)(C)C)cc3)cccc2C1[Si](C)(C)Cl. The Labute approximate surface area is 887 Å². The number of hydrogen-bond acceptors (Lipinski definition) is 0. The fourth-order valence-electron chi connectivity index (χ4n) is 25.1. The third-order valence-corrected chi connectivity index (χ3v) is 45.1. The van der Waals surface area contributed by atoms with Crippen LogP contribution in [0.25, 0.3) is 103 Å². The van der Waals surface area contributed by atoms with Gasteiger partial charge in [-0.2, -0.15) is 11.1 Å². The maximum absolute atomic E-state index is 6.83. The fraction of sp³-hybridized carbons (Fsp3) is 0.404. The standard InChI is InChI=1S/2C47H58Si.C25H32.C22H27ClSi/c1-29-18-23-38(33-26-35(46(7,8)9)28-36(27-33)47(10,11)12)42-40(29)24-31(3)44(42)48(13,14)43-30(2)25-41-37(16-15-17-39(41)43)32-19-21-34(22-20-32)45(4,5)6;1-29-18-23-38(33-26-35(46(7,8)9)28-36(27-33)47(10,11)12)41-25-31(3)44(42(29)41)48(13,14)43-30(2)24-40-37(16-15-17-39(40)43)32-19-21-34(22-20-32)45(4,5)6;1-16-11-22-17(2)9-10-21(23(22)12-16)18-13-19(24(3,4)5)15-20(14-18)25(6,7)8;1-15-14-20-18(8-7-9-19(20)21(15)24(5,6)23)16-10-12-17(13-11-16)22(2,3)4/h2*15-28,43-44H,1-14H3;9-10,12-15H,11H2,1-8H3;7-14,21H,1-6H3. The molecule has 145 heavy (non-hydrogen) atoms. The summed E-state index contributed by atoms with van der Waals surface area (Å²) < 4.78 is 0. The molecule has 18 rings (SSSR count). The first-order valence-corrected chi connectivity index (χ1v) is 64.7. The van der Waals surface area contributed by atoms with Gasteiger partial charge in [-0.15, -0.1) is 0 Å². The summed E-state index contributed by atoms with van der Waals surface area (Å²) in [6.07, 6.45) is 16.0. The van der Waals surface area contributed by atoms with Crippen LogP contribution in [0.15, 0.2) is 252 Å². The Bertz CT molecular complexity index is 7110. The van der Waals surface area contributed by atoms with E-state index in [-0.39, 0.29) is 48.7 Å². The molecule has 6 aliphatic rings. The summed E-state index contributed by atoms with van der Waals surface area (Å²) in [5.74, 6) is 0. The average molecular weight is 1990 g/mol. The van der Waals surface area contributed by atoms with Gasteiger partial charge in [-0.05, 0) is 318 Å². The van der Waals surface area contributed by atoms with E-state index in [0.717, 1.165) is 6.42 Å². The van der Waals surface area contributed by atoms with E-state index in [9.17, 15) is 0 Å². The molecule has 0 N–H and O–H groups in total. The van der Waals surface area contributed by atoms with Gasteiger partial charge in [0, 0.05) is 27.7 Å². The number of allylic oxidation sites excluding steroid dienone is 6. The highest BCUT2D eigenvalue weighted by molar-refractivity contribution is 7.20. The number of benzene rings is 12. The van der Waals surface area contributed by atoms with E-state index >= 15 is 0 Å². The Balaban J connectivity index is 0.000000152. The Hall–Kier alpha value is -9.98. The van der Waals surface area contributed by atoms with Crippen molar-refractivity contribution in [3.8, 4) is 66.8 Å². The molecule has 5 unspecified atom stereocenters. The van der Waals surface area contributed by atoms with Crippen LogP contribution in [0.2, 0.25) is 39.3 Å². The molecule has 0 saturated carbocycles. The van der Waals surface area contributed by atoms with Crippen molar-refractivity contribution >= 4 is 71.1 Å². The summed E-state index contributed by atoms with van der Waals surface area (Å²) in [4.78, 5) is 0. The second kappa shape index (κ2) is 39.2. The van der Waals surface area contributed by atoms with Crippen LogP contribution in [-0.4, -0.2) is 23.5 Å². The van der Waals surface area contributed by atoms with Crippen molar-refractivity contribution in [2.45, 2.75) is 371 Å². The van der Waals surface area contributed by atoms with Crippen LogP contribution < -0.4 is 0 Å². The number of aryl methyl sites for hydroxylation is 3. The van der Waals surface area contributed by atoms with Gasteiger partial charge in [0.15, 0.2) is 7.38 Å².